The summed E-state index contributed by atoms with van der Waals surface area (Å²) in [5.41, 5.74) is 6.51. The molecule has 0 aromatic heterocycles. The fourth-order valence-corrected chi connectivity index (χ4v) is 5.33. The summed E-state index contributed by atoms with van der Waals surface area (Å²) < 4.78 is 16.5. The van der Waals surface area contributed by atoms with Crippen LogP contribution in [0.15, 0.2) is 11.9 Å². The first-order valence-corrected chi connectivity index (χ1v) is 13.3. The molecule has 0 unspecified atom stereocenters. The summed E-state index contributed by atoms with van der Waals surface area (Å²) in [6.45, 7) is 6.08. The molecular weight excluding hydrogens is 444 g/mol. The number of unbranched alkanes of at least 4 members (excludes halogenated alkanes) is 1. The Morgan fingerprint density at radius 2 is 1.76 bits per heavy atom. The molecule has 0 spiro atoms. The van der Waals surface area contributed by atoms with Crippen molar-refractivity contribution in [1.29, 1.82) is 0 Å². The summed E-state index contributed by atoms with van der Waals surface area (Å²) in [6, 6.07) is 0.482. The van der Waals surface area contributed by atoms with Crippen molar-refractivity contribution < 1.29 is 23.8 Å². The molecule has 2 fully saturated rings. The molecule has 9 nitrogen and oxygen atoms in total. The van der Waals surface area contributed by atoms with E-state index in [1.807, 2.05) is 24.9 Å². The second kappa shape index (κ2) is 17.0. The highest BCUT2D eigenvalue weighted by Gasteiger charge is 2.42. The topological polar surface area (TPSA) is 124 Å². The minimum atomic E-state index is -0.0424. The number of allylic oxidation sites excluding steroid dienone is 1. The van der Waals surface area contributed by atoms with Gasteiger partial charge in [-0.2, -0.15) is 11.8 Å². The average Bonchev–Trinajstić information content (AvgIpc) is 3.35. The monoisotopic (exact) mass is 486 g/mol. The fourth-order valence-electron chi connectivity index (χ4n) is 3.79. The number of carbonyl (C=O) groups is 2. The zero-order valence-electron chi connectivity index (χ0n) is 19.9. The molecule has 2 aliphatic rings. The number of fused-ring (bicyclic) bond motifs is 1. The second-order valence-electron chi connectivity index (χ2n) is 8.37. The van der Waals surface area contributed by atoms with Crippen LogP contribution >= 0.6 is 11.8 Å². The summed E-state index contributed by atoms with van der Waals surface area (Å²) in [5.74, 6) is 1.29. The van der Waals surface area contributed by atoms with Gasteiger partial charge in [0.15, 0.2) is 0 Å². The van der Waals surface area contributed by atoms with Gasteiger partial charge in [0.2, 0.25) is 0 Å². The Kier molecular flexibility index (Phi) is 14.3. The number of nitrogens with one attached hydrogen (secondary N) is 3. The van der Waals surface area contributed by atoms with Gasteiger partial charge in [0, 0.05) is 48.9 Å². The molecule has 33 heavy (non-hydrogen) atoms. The predicted octanol–water partition coefficient (Wildman–Crippen LogP) is 1.91. The van der Waals surface area contributed by atoms with E-state index in [0.717, 1.165) is 50.1 Å². The van der Waals surface area contributed by atoms with Crippen LogP contribution in [0.3, 0.4) is 0 Å². The lowest BCUT2D eigenvalue weighted by molar-refractivity contribution is -0.119. The van der Waals surface area contributed by atoms with E-state index in [1.54, 1.807) is 0 Å². The standard InChI is InChI=1S/C23H42N4O5S/c1-2-18(24)16-25-9-11-31-13-15-32-14-12-30-10-5-7-19(28)6-3-4-8-21-22-20(17-33-21)26-23(29)27-22/h16,20-22,25H,2-15,17,24H2,1H3,(H2,26,27,29)/b18-16-/t20-,21+,22-/m1/s1. The lowest BCUT2D eigenvalue weighted by Crippen LogP contribution is -2.36. The SMILES string of the molecule is CC/C(N)=C/NCCOCCOCCOCCCC(=O)CCCC[C@@H]1SC[C@H]2NC(=O)N[C@@H]12. The minimum absolute atomic E-state index is 0.0424. The second-order valence-corrected chi connectivity index (χ2v) is 9.65. The average molecular weight is 487 g/mol. The maximum atomic E-state index is 12.0. The first kappa shape index (κ1) is 27.8. The zero-order valence-corrected chi connectivity index (χ0v) is 20.8. The number of rotatable bonds is 20. The number of urea groups is 1. The first-order chi connectivity index (χ1) is 16.1. The van der Waals surface area contributed by atoms with Gasteiger partial charge in [0.05, 0.1) is 45.1 Å². The first-order valence-electron chi connectivity index (χ1n) is 12.2. The van der Waals surface area contributed by atoms with Gasteiger partial charge in [0.1, 0.15) is 5.78 Å². The Hall–Kier alpha value is -1.49. The van der Waals surface area contributed by atoms with Gasteiger partial charge in [-0.15, -0.1) is 0 Å². The summed E-state index contributed by atoms with van der Waals surface area (Å²) in [5, 5.41) is 9.54. The Labute approximate surface area is 202 Å². The highest BCUT2D eigenvalue weighted by atomic mass is 32.2. The van der Waals surface area contributed by atoms with E-state index in [-0.39, 0.29) is 18.1 Å². The van der Waals surface area contributed by atoms with Crippen LogP contribution in [0.4, 0.5) is 4.79 Å². The van der Waals surface area contributed by atoms with Crippen LogP contribution in [-0.2, 0) is 19.0 Å². The predicted molar refractivity (Wildman–Crippen MR) is 131 cm³/mol. The number of ether oxygens (including phenoxy) is 3. The molecule has 0 radical (unpaired) electrons. The molecule has 0 saturated carbocycles. The van der Waals surface area contributed by atoms with Gasteiger partial charge in [0.25, 0.3) is 0 Å². The Balaban J connectivity index is 1.29. The molecule has 2 heterocycles. The van der Waals surface area contributed by atoms with E-state index >= 15 is 0 Å². The number of hydrogen-bond acceptors (Lipinski definition) is 8. The van der Waals surface area contributed by atoms with Crippen LogP contribution < -0.4 is 21.7 Å². The highest BCUT2D eigenvalue weighted by Crippen LogP contribution is 2.33. The van der Waals surface area contributed by atoms with Crippen LogP contribution in [0.1, 0.15) is 51.9 Å². The van der Waals surface area contributed by atoms with Crippen molar-refractivity contribution in [2.45, 2.75) is 69.2 Å². The fraction of sp³-hybridized carbons (Fsp3) is 0.826. The van der Waals surface area contributed by atoms with E-state index in [2.05, 4.69) is 16.0 Å². The van der Waals surface area contributed by atoms with Crippen molar-refractivity contribution in [1.82, 2.24) is 16.0 Å². The van der Waals surface area contributed by atoms with Gasteiger partial charge < -0.3 is 35.9 Å². The van der Waals surface area contributed by atoms with E-state index < -0.39 is 0 Å². The molecule has 0 aliphatic carbocycles. The van der Waals surface area contributed by atoms with Crippen LogP contribution in [0.2, 0.25) is 0 Å². The summed E-state index contributed by atoms with van der Waals surface area (Å²) in [4.78, 5) is 23.4. The normalized spacial score (nSPS) is 22.2. The highest BCUT2D eigenvalue weighted by molar-refractivity contribution is 8.00. The molecule has 0 aromatic rings. The molecule has 2 rings (SSSR count). The van der Waals surface area contributed by atoms with Gasteiger partial charge >= 0.3 is 6.03 Å². The molecule has 0 bridgehead atoms. The lowest BCUT2D eigenvalue weighted by atomic mass is 10.0. The van der Waals surface area contributed by atoms with E-state index in [4.69, 9.17) is 19.9 Å². The number of nitrogens with two attached hydrogens (primary N) is 1. The zero-order chi connectivity index (χ0) is 23.7. The van der Waals surface area contributed by atoms with Crippen molar-refractivity contribution >= 4 is 23.6 Å². The molecule has 190 valence electrons. The van der Waals surface area contributed by atoms with Crippen molar-refractivity contribution in [3.8, 4) is 0 Å². The number of hydrogen-bond donors (Lipinski definition) is 4. The summed E-state index contributed by atoms with van der Waals surface area (Å²) in [6.07, 6.45) is 7.62. The maximum Gasteiger partial charge on any atom is 0.315 e. The maximum absolute atomic E-state index is 12.0. The van der Waals surface area contributed by atoms with Crippen molar-refractivity contribution in [3.63, 3.8) is 0 Å². The number of amides is 2. The van der Waals surface area contributed by atoms with Crippen molar-refractivity contribution in [2.24, 2.45) is 5.73 Å². The Morgan fingerprint density at radius 3 is 2.52 bits per heavy atom. The van der Waals surface area contributed by atoms with E-state index in [9.17, 15) is 9.59 Å². The summed E-state index contributed by atoms with van der Waals surface area (Å²) in [7, 11) is 0. The quantitative estimate of drug-likeness (QED) is 0.152. The van der Waals surface area contributed by atoms with Crippen LogP contribution in [-0.4, -0.2) is 81.1 Å². The third kappa shape index (κ3) is 12.0. The molecule has 0 aromatic carbocycles. The van der Waals surface area contributed by atoms with E-state index in [1.165, 1.54) is 0 Å². The molecule has 2 aliphatic heterocycles. The molecule has 10 heteroatoms. The van der Waals surface area contributed by atoms with Gasteiger partial charge in [-0.3, -0.25) is 4.79 Å². The number of ketones is 1. The van der Waals surface area contributed by atoms with Crippen LogP contribution in [0, 0.1) is 0 Å². The third-order valence-corrected chi connectivity index (χ3v) is 7.22. The Morgan fingerprint density at radius 1 is 1.06 bits per heavy atom. The minimum Gasteiger partial charge on any atom is -0.401 e. The lowest BCUT2D eigenvalue weighted by Gasteiger charge is -2.16. The Bertz CT molecular complexity index is 607. The molecule has 3 atom stereocenters. The van der Waals surface area contributed by atoms with Gasteiger partial charge in [-0.05, 0) is 25.7 Å². The molecular formula is C23H42N4O5S. The number of Topliss-reactive ketones (excluding diaryl/α,β-unsaturated/α-hetero) is 1. The summed E-state index contributed by atoms with van der Waals surface area (Å²) >= 11 is 1.92. The number of carbonyl (C=O) groups excluding carboxylic acids is 2. The third-order valence-electron chi connectivity index (χ3n) is 5.71. The van der Waals surface area contributed by atoms with Crippen molar-refractivity contribution in [2.75, 3.05) is 51.9 Å². The molecule has 2 saturated heterocycles. The van der Waals surface area contributed by atoms with Gasteiger partial charge in [-0.25, -0.2) is 4.79 Å². The molecule has 2 amide bonds. The molecule has 5 N–H and O–H groups in total. The number of thioether (sulfide) groups is 1. The largest absolute Gasteiger partial charge is 0.401 e. The van der Waals surface area contributed by atoms with Crippen LogP contribution in [0.5, 0.6) is 0 Å². The van der Waals surface area contributed by atoms with E-state index in [0.29, 0.717) is 63.5 Å². The smallest absolute Gasteiger partial charge is 0.315 e. The van der Waals surface area contributed by atoms with Gasteiger partial charge in [-0.1, -0.05) is 13.3 Å². The van der Waals surface area contributed by atoms with Crippen molar-refractivity contribution in [3.05, 3.63) is 11.9 Å². The van der Waals surface area contributed by atoms with Crippen LogP contribution in [0.25, 0.3) is 0 Å².